The van der Waals surface area contributed by atoms with Gasteiger partial charge in [0, 0.05) is 49.9 Å². The van der Waals surface area contributed by atoms with Crippen LogP contribution in [0.4, 0.5) is 11.4 Å². The van der Waals surface area contributed by atoms with Crippen molar-refractivity contribution in [3.63, 3.8) is 0 Å². The second-order valence-corrected chi connectivity index (χ2v) is 6.95. The summed E-state index contributed by atoms with van der Waals surface area (Å²) < 4.78 is 7.44. The predicted octanol–water partition coefficient (Wildman–Crippen LogP) is 2.07. The van der Waals surface area contributed by atoms with E-state index in [1.54, 1.807) is 6.20 Å². The molecule has 146 valence electrons. The molecule has 1 atom stereocenters. The van der Waals surface area contributed by atoms with Crippen molar-refractivity contribution in [3.8, 4) is 0 Å². The van der Waals surface area contributed by atoms with E-state index in [1.807, 2.05) is 38.6 Å². The molecule has 0 aliphatic carbocycles. The van der Waals surface area contributed by atoms with E-state index >= 15 is 0 Å². The number of likely N-dealkylation sites (N-methyl/N-ethyl adjacent to an activating group) is 1. The van der Waals surface area contributed by atoms with Crippen molar-refractivity contribution in [2.75, 3.05) is 50.1 Å². The number of amides is 1. The van der Waals surface area contributed by atoms with E-state index < -0.39 is 0 Å². The summed E-state index contributed by atoms with van der Waals surface area (Å²) in [6.45, 7) is 7.05. The minimum Gasteiger partial charge on any atom is -0.378 e. The van der Waals surface area contributed by atoms with Gasteiger partial charge in [-0.1, -0.05) is 0 Å². The number of imidazole rings is 1. The Hall–Kier alpha value is -2.38. The predicted molar refractivity (Wildman–Crippen MR) is 107 cm³/mol. The van der Waals surface area contributed by atoms with Gasteiger partial charge in [0.05, 0.1) is 25.6 Å². The molecule has 0 spiro atoms. The molecule has 1 aromatic carbocycles. The zero-order valence-corrected chi connectivity index (χ0v) is 16.2. The molecule has 1 aromatic heterocycles. The van der Waals surface area contributed by atoms with Gasteiger partial charge in [-0.3, -0.25) is 9.69 Å². The van der Waals surface area contributed by atoms with E-state index in [9.17, 15) is 4.79 Å². The molecule has 0 bridgehead atoms. The minimum atomic E-state index is -0.188. The summed E-state index contributed by atoms with van der Waals surface area (Å²) in [5, 5.41) is 3.02. The van der Waals surface area contributed by atoms with Crippen molar-refractivity contribution in [2.45, 2.75) is 25.9 Å². The van der Waals surface area contributed by atoms with Crippen molar-refractivity contribution in [1.29, 1.82) is 0 Å². The average molecular weight is 371 g/mol. The quantitative estimate of drug-likeness (QED) is 0.770. The van der Waals surface area contributed by atoms with Crippen LogP contribution in [0.1, 0.15) is 13.3 Å². The third-order valence-electron chi connectivity index (χ3n) is 5.04. The van der Waals surface area contributed by atoms with Crippen LogP contribution >= 0.6 is 0 Å². The fraction of sp³-hybridized carbons (Fsp3) is 0.500. The number of aryl methyl sites for hydroxylation is 1. The minimum absolute atomic E-state index is 0.0132. The number of morpholine rings is 1. The molecule has 0 saturated carbocycles. The molecule has 27 heavy (non-hydrogen) atoms. The van der Waals surface area contributed by atoms with Gasteiger partial charge in [-0.25, -0.2) is 4.98 Å². The Bertz CT molecular complexity index is 696. The molecule has 7 nitrogen and oxygen atoms in total. The van der Waals surface area contributed by atoms with Gasteiger partial charge in [-0.15, -0.1) is 0 Å². The van der Waals surface area contributed by atoms with E-state index in [4.69, 9.17) is 4.74 Å². The molecule has 2 aromatic rings. The molecule has 3 rings (SSSR count). The molecule has 7 heteroatoms. The smallest absolute Gasteiger partial charge is 0.241 e. The molecular weight excluding hydrogens is 342 g/mol. The normalized spacial score (nSPS) is 15.7. The lowest BCUT2D eigenvalue weighted by atomic mass is 10.2. The van der Waals surface area contributed by atoms with Crippen molar-refractivity contribution in [2.24, 2.45) is 0 Å². The van der Waals surface area contributed by atoms with Gasteiger partial charge in [0.15, 0.2) is 0 Å². The number of hydrogen-bond acceptors (Lipinski definition) is 5. The van der Waals surface area contributed by atoms with Gasteiger partial charge in [-0.05, 0) is 44.7 Å². The largest absolute Gasteiger partial charge is 0.378 e. The van der Waals surface area contributed by atoms with Crippen LogP contribution in [0.5, 0.6) is 0 Å². The molecule has 1 aliphatic heterocycles. The van der Waals surface area contributed by atoms with Crippen molar-refractivity contribution in [3.05, 3.63) is 43.0 Å². The number of nitrogens with zero attached hydrogens (tertiary/aromatic N) is 4. The highest BCUT2D eigenvalue weighted by atomic mass is 16.5. The molecule has 1 aliphatic rings. The number of ether oxygens (including phenoxy) is 1. The Kier molecular flexibility index (Phi) is 6.84. The highest BCUT2D eigenvalue weighted by Gasteiger charge is 2.18. The van der Waals surface area contributed by atoms with Gasteiger partial charge in [0.25, 0.3) is 0 Å². The first-order valence-corrected chi connectivity index (χ1v) is 9.53. The van der Waals surface area contributed by atoms with Gasteiger partial charge < -0.3 is 19.5 Å². The number of carbonyl (C=O) groups is 1. The number of benzene rings is 1. The molecular formula is C20H29N5O2. The van der Waals surface area contributed by atoms with Gasteiger partial charge in [0.1, 0.15) is 0 Å². The van der Waals surface area contributed by atoms with Crippen LogP contribution in [0.2, 0.25) is 0 Å². The Labute approximate surface area is 160 Å². The van der Waals surface area contributed by atoms with Crippen LogP contribution in [0.25, 0.3) is 0 Å². The number of nitrogens with one attached hydrogen (secondary N) is 1. The number of hydrogen-bond donors (Lipinski definition) is 1. The second-order valence-electron chi connectivity index (χ2n) is 6.95. The zero-order chi connectivity index (χ0) is 19.1. The van der Waals surface area contributed by atoms with Gasteiger partial charge in [0.2, 0.25) is 5.91 Å². The van der Waals surface area contributed by atoms with Crippen LogP contribution in [0, 0.1) is 0 Å². The lowest BCUT2D eigenvalue weighted by molar-refractivity contribution is -0.120. The zero-order valence-electron chi connectivity index (χ0n) is 16.2. The summed E-state index contributed by atoms with van der Waals surface area (Å²) in [5.74, 6) is 0.0132. The topological polar surface area (TPSA) is 62.6 Å². The second kappa shape index (κ2) is 9.53. The Morgan fingerprint density at radius 2 is 2.04 bits per heavy atom. The molecule has 1 amide bonds. The average Bonchev–Trinajstić information content (AvgIpc) is 3.22. The van der Waals surface area contributed by atoms with Crippen LogP contribution in [-0.2, 0) is 16.1 Å². The molecule has 1 N–H and O–H groups in total. The monoisotopic (exact) mass is 371 g/mol. The Morgan fingerprint density at radius 1 is 1.30 bits per heavy atom. The number of aromatic nitrogens is 2. The number of anilines is 2. The van der Waals surface area contributed by atoms with Crippen LogP contribution < -0.4 is 10.2 Å². The number of carbonyl (C=O) groups excluding carboxylic acids is 1. The Balaban J connectivity index is 1.45. The van der Waals surface area contributed by atoms with Crippen molar-refractivity contribution < 1.29 is 9.53 Å². The lowest BCUT2D eigenvalue weighted by Crippen LogP contribution is -2.40. The highest BCUT2D eigenvalue weighted by Crippen LogP contribution is 2.19. The fourth-order valence-electron chi connectivity index (χ4n) is 3.14. The van der Waals surface area contributed by atoms with Crippen LogP contribution in [0.3, 0.4) is 0 Å². The SMILES string of the molecule is C[C@@H](C(=O)Nc1ccc(N2CCOCC2)cc1)N(C)CCCn1ccnc1. The first-order valence-electron chi connectivity index (χ1n) is 9.53. The third kappa shape index (κ3) is 5.55. The first-order chi connectivity index (χ1) is 13.1. The molecule has 2 heterocycles. The summed E-state index contributed by atoms with van der Waals surface area (Å²) in [7, 11) is 1.99. The van der Waals surface area contributed by atoms with Gasteiger partial charge in [-0.2, -0.15) is 0 Å². The molecule has 1 saturated heterocycles. The summed E-state index contributed by atoms with van der Waals surface area (Å²) >= 11 is 0. The maximum atomic E-state index is 12.5. The summed E-state index contributed by atoms with van der Waals surface area (Å²) in [6.07, 6.45) is 6.52. The van der Waals surface area contributed by atoms with E-state index in [-0.39, 0.29) is 11.9 Å². The molecule has 0 radical (unpaired) electrons. The maximum absolute atomic E-state index is 12.5. The summed E-state index contributed by atoms with van der Waals surface area (Å²) in [5.41, 5.74) is 2.00. The lowest BCUT2D eigenvalue weighted by Gasteiger charge is -2.29. The van der Waals surface area contributed by atoms with E-state index in [2.05, 4.69) is 36.8 Å². The Morgan fingerprint density at radius 3 is 2.70 bits per heavy atom. The standard InChI is InChI=1S/C20H29N5O2/c1-17(23(2)9-3-10-24-11-8-21-16-24)20(26)22-18-4-6-19(7-5-18)25-12-14-27-15-13-25/h4-8,11,16-17H,3,9-10,12-15H2,1-2H3,(H,22,26)/t17-/m0/s1. The van der Waals surface area contributed by atoms with Crippen LogP contribution in [0.15, 0.2) is 43.0 Å². The third-order valence-corrected chi connectivity index (χ3v) is 5.04. The molecule has 0 unspecified atom stereocenters. The van der Waals surface area contributed by atoms with E-state index in [0.717, 1.165) is 51.5 Å². The highest BCUT2D eigenvalue weighted by molar-refractivity contribution is 5.94. The van der Waals surface area contributed by atoms with Crippen LogP contribution in [-0.4, -0.2) is 66.3 Å². The summed E-state index contributed by atoms with van der Waals surface area (Å²) in [6, 6.07) is 7.86. The van der Waals surface area contributed by atoms with E-state index in [1.165, 1.54) is 5.69 Å². The number of rotatable bonds is 8. The summed E-state index contributed by atoms with van der Waals surface area (Å²) in [4.78, 5) is 21.0. The van der Waals surface area contributed by atoms with Gasteiger partial charge >= 0.3 is 0 Å². The van der Waals surface area contributed by atoms with Crippen molar-refractivity contribution in [1.82, 2.24) is 14.5 Å². The maximum Gasteiger partial charge on any atom is 0.241 e. The molecule has 1 fully saturated rings. The van der Waals surface area contributed by atoms with Crippen molar-refractivity contribution >= 4 is 17.3 Å². The fourth-order valence-corrected chi connectivity index (χ4v) is 3.14. The first kappa shape index (κ1) is 19.4. The van der Waals surface area contributed by atoms with E-state index in [0.29, 0.717) is 0 Å².